The summed E-state index contributed by atoms with van der Waals surface area (Å²) < 4.78 is 37.7. The van der Waals surface area contributed by atoms with Crippen LogP contribution in [0, 0.1) is 11.8 Å². The lowest BCUT2D eigenvalue weighted by molar-refractivity contribution is -0.137. The maximum Gasteiger partial charge on any atom is 0.416 e. The highest BCUT2D eigenvalue weighted by Crippen LogP contribution is 2.43. The van der Waals surface area contributed by atoms with Crippen LogP contribution in [0.5, 0.6) is 0 Å². The van der Waals surface area contributed by atoms with Gasteiger partial charge in [-0.3, -0.25) is 0 Å². The largest absolute Gasteiger partial charge is 0.416 e. The fraction of sp³-hybridized carbons (Fsp3) is 0.600. The highest BCUT2D eigenvalue weighted by atomic mass is 19.4. The second kappa shape index (κ2) is 4.82. The maximum absolute atomic E-state index is 12.6. The Hall–Kier alpha value is -1.03. The second-order valence-corrected chi connectivity index (χ2v) is 5.74. The lowest BCUT2D eigenvalue weighted by Crippen LogP contribution is -2.25. The minimum Gasteiger partial charge on any atom is -0.316 e. The monoisotopic (exact) mass is 269 g/mol. The average Bonchev–Trinajstić information content (AvgIpc) is 2.86. The molecule has 19 heavy (non-hydrogen) atoms. The number of benzene rings is 1. The molecular formula is C15H18F3N. The highest BCUT2D eigenvalue weighted by Gasteiger charge is 2.37. The fourth-order valence-electron chi connectivity index (χ4n) is 3.69. The molecule has 1 nitrogen and oxygen atoms in total. The molecule has 2 fully saturated rings. The van der Waals surface area contributed by atoms with Gasteiger partial charge < -0.3 is 5.32 Å². The zero-order valence-corrected chi connectivity index (χ0v) is 10.7. The summed E-state index contributed by atoms with van der Waals surface area (Å²) in [5.74, 6) is 1.74. The van der Waals surface area contributed by atoms with E-state index in [0.717, 1.165) is 25.1 Å². The van der Waals surface area contributed by atoms with E-state index in [1.165, 1.54) is 25.0 Å². The number of halogens is 3. The van der Waals surface area contributed by atoms with Crippen LogP contribution in [0.3, 0.4) is 0 Å². The molecular weight excluding hydrogens is 251 g/mol. The third-order valence-electron chi connectivity index (χ3n) is 4.67. The third-order valence-corrected chi connectivity index (χ3v) is 4.67. The molecule has 0 aromatic heterocycles. The van der Waals surface area contributed by atoms with Gasteiger partial charge in [-0.25, -0.2) is 0 Å². The van der Waals surface area contributed by atoms with E-state index in [2.05, 4.69) is 5.32 Å². The molecule has 1 saturated heterocycles. The van der Waals surface area contributed by atoms with Gasteiger partial charge in [0.2, 0.25) is 0 Å². The van der Waals surface area contributed by atoms with Crippen molar-refractivity contribution in [2.45, 2.75) is 31.4 Å². The van der Waals surface area contributed by atoms with Crippen molar-refractivity contribution in [2.24, 2.45) is 11.8 Å². The molecule has 1 aromatic rings. The maximum atomic E-state index is 12.6. The van der Waals surface area contributed by atoms with Crippen LogP contribution >= 0.6 is 0 Å². The SMILES string of the molecule is FC(F)(F)c1ccc([C@H]2CCCC3CNCC32)cc1. The van der Waals surface area contributed by atoms with E-state index in [-0.39, 0.29) is 0 Å². The van der Waals surface area contributed by atoms with Crippen LogP contribution in [-0.4, -0.2) is 13.1 Å². The van der Waals surface area contributed by atoms with Gasteiger partial charge in [-0.05, 0) is 61.4 Å². The summed E-state index contributed by atoms with van der Waals surface area (Å²) in [6.45, 7) is 2.08. The standard InChI is InChI=1S/C15H18F3N/c16-15(17,18)12-6-4-10(5-7-12)13-3-1-2-11-8-19-9-14(11)13/h4-7,11,13-14,19H,1-3,8-9H2/t11?,13-,14?/m1/s1. The number of alkyl halides is 3. The van der Waals surface area contributed by atoms with Gasteiger partial charge in [0, 0.05) is 0 Å². The fourth-order valence-corrected chi connectivity index (χ4v) is 3.69. The first-order valence-electron chi connectivity index (χ1n) is 6.93. The van der Waals surface area contributed by atoms with E-state index in [0.29, 0.717) is 17.8 Å². The topological polar surface area (TPSA) is 12.0 Å². The van der Waals surface area contributed by atoms with Gasteiger partial charge in [0.1, 0.15) is 0 Å². The first-order valence-corrected chi connectivity index (χ1v) is 6.93. The molecule has 0 amide bonds. The van der Waals surface area contributed by atoms with Gasteiger partial charge >= 0.3 is 6.18 Å². The molecule has 3 rings (SSSR count). The molecule has 1 aromatic carbocycles. The quantitative estimate of drug-likeness (QED) is 0.817. The summed E-state index contributed by atoms with van der Waals surface area (Å²) in [5.41, 5.74) is 0.527. The van der Waals surface area contributed by atoms with Crippen LogP contribution in [0.4, 0.5) is 13.2 Å². The van der Waals surface area contributed by atoms with Crippen molar-refractivity contribution in [1.82, 2.24) is 5.32 Å². The van der Waals surface area contributed by atoms with Gasteiger partial charge in [-0.1, -0.05) is 18.6 Å². The lowest BCUT2D eigenvalue weighted by Gasteiger charge is -2.33. The molecule has 0 radical (unpaired) electrons. The van der Waals surface area contributed by atoms with Crippen molar-refractivity contribution in [3.63, 3.8) is 0 Å². The predicted molar refractivity (Wildman–Crippen MR) is 67.9 cm³/mol. The van der Waals surface area contributed by atoms with Crippen LogP contribution in [0.1, 0.15) is 36.3 Å². The predicted octanol–water partition coefficient (Wildman–Crippen LogP) is 3.81. The highest BCUT2D eigenvalue weighted by molar-refractivity contribution is 5.28. The first kappa shape index (κ1) is 13.0. The molecule has 3 atom stereocenters. The molecule has 2 unspecified atom stereocenters. The molecule has 4 heteroatoms. The molecule has 1 aliphatic heterocycles. The Kier molecular flexibility index (Phi) is 3.29. The molecule has 0 spiro atoms. The normalized spacial score (nSPS) is 31.2. The first-order chi connectivity index (χ1) is 9.05. The van der Waals surface area contributed by atoms with E-state index in [1.807, 2.05) is 0 Å². The van der Waals surface area contributed by atoms with E-state index >= 15 is 0 Å². The van der Waals surface area contributed by atoms with Crippen LogP contribution in [0.2, 0.25) is 0 Å². The summed E-state index contributed by atoms with van der Waals surface area (Å²) in [7, 11) is 0. The van der Waals surface area contributed by atoms with Gasteiger partial charge in [-0.2, -0.15) is 13.2 Å². The van der Waals surface area contributed by atoms with E-state index < -0.39 is 11.7 Å². The molecule has 1 saturated carbocycles. The third kappa shape index (κ3) is 2.50. The summed E-state index contributed by atoms with van der Waals surface area (Å²) in [5, 5.41) is 3.42. The molecule has 0 bridgehead atoms. The number of hydrogen-bond acceptors (Lipinski definition) is 1. The Morgan fingerprint density at radius 1 is 1.00 bits per heavy atom. The zero-order valence-electron chi connectivity index (χ0n) is 10.7. The number of rotatable bonds is 1. The van der Waals surface area contributed by atoms with E-state index in [9.17, 15) is 13.2 Å². The Labute approximate surface area is 111 Å². The minimum atomic E-state index is -4.23. The number of nitrogens with one attached hydrogen (secondary N) is 1. The molecule has 1 aliphatic carbocycles. The summed E-state index contributed by atoms with van der Waals surface area (Å²) in [6.07, 6.45) is -0.680. The van der Waals surface area contributed by atoms with Crippen molar-refractivity contribution in [3.05, 3.63) is 35.4 Å². The number of hydrogen-bond donors (Lipinski definition) is 1. The van der Waals surface area contributed by atoms with Crippen molar-refractivity contribution >= 4 is 0 Å². The van der Waals surface area contributed by atoms with Crippen molar-refractivity contribution < 1.29 is 13.2 Å². The van der Waals surface area contributed by atoms with Gasteiger partial charge in [0.05, 0.1) is 5.56 Å². The second-order valence-electron chi connectivity index (χ2n) is 5.74. The van der Waals surface area contributed by atoms with Gasteiger partial charge in [0.15, 0.2) is 0 Å². The van der Waals surface area contributed by atoms with E-state index in [1.54, 1.807) is 12.1 Å². The Bertz CT molecular complexity index is 438. The van der Waals surface area contributed by atoms with Crippen LogP contribution < -0.4 is 5.32 Å². The molecule has 1 heterocycles. The Balaban J connectivity index is 1.82. The molecule has 2 aliphatic rings. The van der Waals surface area contributed by atoms with Crippen molar-refractivity contribution in [3.8, 4) is 0 Å². The molecule has 1 N–H and O–H groups in total. The van der Waals surface area contributed by atoms with Gasteiger partial charge in [-0.15, -0.1) is 0 Å². The number of fused-ring (bicyclic) bond motifs is 1. The summed E-state index contributed by atoms with van der Waals surface area (Å²) in [4.78, 5) is 0. The van der Waals surface area contributed by atoms with Gasteiger partial charge in [0.25, 0.3) is 0 Å². The van der Waals surface area contributed by atoms with Crippen LogP contribution in [-0.2, 0) is 6.18 Å². The summed E-state index contributed by atoms with van der Waals surface area (Å²) in [6, 6.07) is 5.80. The van der Waals surface area contributed by atoms with E-state index in [4.69, 9.17) is 0 Å². The van der Waals surface area contributed by atoms with Crippen LogP contribution in [0.15, 0.2) is 24.3 Å². The smallest absolute Gasteiger partial charge is 0.316 e. The lowest BCUT2D eigenvalue weighted by atomic mass is 9.71. The Morgan fingerprint density at radius 2 is 1.74 bits per heavy atom. The minimum absolute atomic E-state index is 0.427. The van der Waals surface area contributed by atoms with Crippen LogP contribution in [0.25, 0.3) is 0 Å². The average molecular weight is 269 g/mol. The Morgan fingerprint density at radius 3 is 2.42 bits per heavy atom. The van der Waals surface area contributed by atoms with Crippen molar-refractivity contribution in [1.29, 1.82) is 0 Å². The van der Waals surface area contributed by atoms with Crippen molar-refractivity contribution in [2.75, 3.05) is 13.1 Å². The molecule has 104 valence electrons. The summed E-state index contributed by atoms with van der Waals surface area (Å²) >= 11 is 0. The zero-order chi connectivity index (χ0) is 13.5.